The molecule has 1 aromatic rings. The van der Waals surface area contributed by atoms with Gasteiger partial charge in [-0.15, -0.1) is 0 Å². The van der Waals surface area contributed by atoms with E-state index in [1.165, 1.54) is 4.31 Å². The van der Waals surface area contributed by atoms with Crippen molar-refractivity contribution in [3.8, 4) is 6.07 Å². The molecule has 7 heteroatoms. The fraction of sp³-hybridized carbons (Fsp3) is 0.533. The van der Waals surface area contributed by atoms with Crippen LogP contribution in [0.3, 0.4) is 0 Å². The average Bonchev–Trinajstić information content (AvgIpc) is 2.46. The van der Waals surface area contributed by atoms with Crippen molar-refractivity contribution >= 4 is 10.2 Å². The number of hydrogen-bond acceptors (Lipinski definition) is 4. The Labute approximate surface area is 131 Å². The van der Waals surface area contributed by atoms with Crippen LogP contribution < -0.4 is 4.72 Å². The predicted octanol–water partition coefficient (Wildman–Crippen LogP) is 1.56. The van der Waals surface area contributed by atoms with Gasteiger partial charge in [-0.3, -0.25) is 0 Å². The van der Waals surface area contributed by atoms with Gasteiger partial charge >= 0.3 is 0 Å². The van der Waals surface area contributed by atoms with Crippen molar-refractivity contribution in [2.75, 3.05) is 13.1 Å². The molecule has 0 bridgehead atoms. The van der Waals surface area contributed by atoms with E-state index in [-0.39, 0.29) is 18.2 Å². The average molecular weight is 323 g/mol. The third-order valence-electron chi connectivity index (χ3n) is 3.59. The number of hydrogen-bond donors (Lipinski definition) is 1. The molecule has 1 saturated heterocycles. The minimum atomic E-state index is -3.57. The summed E-state index contributed by atoms with van der Waals surface area (Å²) >= 11 is 0. The van der Waals surface area contributed by atoms with Crippen LogP contribution in [0.15, 0.2) is 24.3 Å². The quantitative estimate of drug-likeness (QED) is 0.911. The molecule has 6 nitrogen and oxygen atoms in total. The van der Waals surface area contributed by atoms with Crippen LogP contribution >= 0.6 is 0 Å². The highest BCUT2D eigenvalue weighted by atomic mass is 32.2. The van der Waals surface area contributed by atoms with E-state index in [0.717, 1.165) is 5.56 Å². The number of ether oxygens (including phenoxy) is 1. The van der Waals surface area contributed by atoms with Crippen LogP contribution in [0, 0.1) is 11.3 Å². The van der Waals surface area contributed by atoms with Gasteiger partial charge in [0.1, 0.15) is 0 Å². The summed E-state index contributed by atoms with van der Waals surface area (Å²) in [6.07, 6.45) is -0.240. The van der Waals surface area contributed by atoms with Crippen molar-refractivity contribution in [2.45, 2.75) is 39.0 Å². The van der Waals surface area contributed by atoms with E-state index in [9.17, 15) is 8.42 Å². The molecule has 0 aromatic heterocycles. The number of morpholine rings is 1. The second-order valence-corrected chi connectivity index (χ2v) is 7.35. The molecule has 1 aliphatic heterocycles. The van der Waals surface area contributed by atoms with Gasteiger partial charge in [0.25, 0.3) is 10.2 Å². The van der Waals surface area contributed by atoms with Crippen molar-refractivity contribution in [3.05, 3.63) is 35.4 Å². The van der Waals surface area contributed by atoms with Crippen LogP contribution in [0.4, 0.5) is 0 Å². The lowest BCUT2D eigenvalue weighted by atomic mass is 10.1. The van der Waals surface area contributed by atoms with Crippen LogP contribution in [-0.2, 0) is 14.9 Å². The van der Waals surface area contributed by atoms with Crippen molar-refractivity contribution in [1.29, 1.82) is 5.26 Å². The number of benzene rings is 1. The first-order valence-corrected chi connectivity index (χ1v) is 8.68. The zero-order chi connectivity index (χ0) is 16.3. The van der Waals surface area contributed by atoms with Gasteiger partial charge in [-0.1, -0.05) is 12.1 Å². The Morgan fingerprint density at radius 1 is 1.27 bits per heavy atom. The van der Waals surface area contributed by atoms with Crippen molar-refractivity contribution < 1.29 is 13.2 Å². The second kappa shape index (κ2) is 6.75. The Kier molecular flexibility index (Phi) is 5.19. The summed E-state index contributed by atoms with van der Waals surface area (Å²) < 4.78 is 34.6. The lowest BCUT2D eigenvalue weighted by Gasteiger charge is -2.35. The molecule has 120 valence electrons. The third kappa shape index (κ3) is 4.05. The molecule has 1 aliphatic rings. The lowest BCUT2D eigenvalue weighted by Crippen LogP contribution is -2.52. The molecule has 1 heterocycles. The minimum Gasteiger partial charge on any atom is -0.373 e. The molecule has 2 rings (SSSR count). The van der Waals surface area contributed by atoms with Crippen LogP contribution in [0.25, 0.3) is 0 Å². The van der Waals surface area contributed by atoms with Crippen LogP contribution in [-0.4, -0.2) is 38.0 Å². The third-order valence-corrected chi connectivity index (χ3v) is 5.22. The van der Waals surface area contributed by atoms with Gasteiger partial charge in [0.2, 0.25) is 0 Å². The molecule has 0 saturated carbocycles. The smallest absolute Gasteiger partial charge is 0.280 e. The highest BCUT2D eigenvalue weighted by molar-refractivity contribution is 7.87. The zero-order valence-corrected chi connectivity index (χ0v) is 13.8. The summed E-state index contributed by atoms with van der Waals surface area (Å²) in [5.41, 5.74) is 1.37. The van der Waals surface area contributed by atoms with Crippen LogP contribution in [0.1, 0.15) is 37.9 Å². The van der Waals surface area contributed by atoms with E-state index < -0.39 is 10.2 Å². The molecule has 0 unspecified atom stereocenters. The maximum atomic E-state index is 12.5. The molecule has 3 atom stereocenters. The van der Waals surface area contributed by atoms with Crippen LogP contribution in [0.2, 0.25) is 0 Å². The number of rotatable bonds is 4. The van der Waals surface area contributed by atoms with E-state index in [4.69, 9.17) is 10.00 Å². The van der Waals surface area contributed by atoms with Gasteiger partial charge in [0.15, 0.2) is 0 Å². The van der Waals surface area contributed by atoms with E-state index in [1.54, 1.807) is 31.2 Å². The molecule has 22 heavy (non-hydrogen) atoms. The second-order valence-electron chi connectivity index (χ2n) is 5.65. The van der Waals surface area contributed by atoms with E-state index in [2.05, 4.69) is 4.72 Å². The molecule has 1 N–H and O–H groups in total. The minimum absolute atomic E-state index is 0.120. The first kappa shape index (κ1) is 16.9. The normalized spacial score (nSPS) is 24.6. The Morgan fingerprint density at radius 2 is 1.82 bits per heavy atom. The summed E-state index contributed by atoms with van der Waals surface area (Å²) in [5, 5.41) is 8.79. The van der Waals surface area contributed by atoms with E-state index >= 15 is 0 Å². The van der Waals surface area contributed by atoms with Crippen LogP contribution in [0.5, 0.6) is 0 Å². The topological polar surface area (TPSA) is 82.4 Å². The molecular weight excluding hydrogens is 302 g/mol. The Hall–Kier alpha value is -1.46. The first-order chi connectivity index (χ1) is 10.3. The lowest BCUT2D eigenvalue weighted by molar-refractivity contribution is -0.0444. The number of nitriles is 1. The van der Waals surface area contributed by atoms with Gasteiger partial charge in [0, 0.05) is 19.1 Å². The molecule has 0 spiro atoms. The molecule has 0 aliphatic carbocycles. The summed E-state index contributed by atoms with van der Waals surface area (Å²) in [4.78, 5) is 0. The zero-order valence-electron chi connectivity index (χ0n) is 13.0. The highest BCUT2D eigenvalue weighted by Crippen LogP contribution is 2.18. The molecule has 1 fully saturated rings. The Morgan fingerprint density at radius 3 is 2.32 bits per heavy atom. The van der Waals surface area contributed by atoms with Gasteiger partial charge in [-0.2, -0.15) is 22.7 Å². The van der Waals surface area contributed by atoms with E-state index in [1.807, 2.05) is 19.9 Å². The fourth-order valence-electron chi connectivity index (χ4n) is 2.54. The number of nitrogens with one attached hydrogen (secondary N) is 1. The first-order valence-electron chi connectivity index (χ1n) is 7.24. The van der Waals surface area contributed by atoms with Gasteiger partial charge in [-0.25, -0.2) is 0 Å². The molecular formula is C15H21N3O3S. The standard InChI is InChI=1S/C15H21N3O3S/c1-11-9-18(10-12(2)21-11)22(19,20)17-13(3)15-6-4-14(8-16)5-7-15/h4-7,11-13,17H,9-10H2,1-3H3/t11-,12-,13-/m1/s1. The fourth-order valence-corrected chi connectivity index (χ4v) is 4.08. The molecule has 0 amide bonds. The Balaban J connectivity index is 2.08. The molecule has 1 aromatic carbocycles. The maximum absolute atomic E-state index is 12.5. The van der Waals surface area contributed by atoms with Crippen molar-refractivity contribution in [3.63, 3.8) is 0 Å². The monoisotopic (exact) mass is 323 g/mol. The summed E-state index contributed by atoms with van der Waals surface area (Å²) in [5.74, 6) is 0. The summed E-state index contributed by atoms with van der Waals surface area (Å²) in [6.45, 7) is 6.20. The van der Waals surface area contributed by atoms with Gasteiger partial charge < -0.3 is 4.74 Å². The summed E-state index contributed by atoms with van der Waals surface area (Å²) in [6, 6.07) is 8.55. The maximum Gasteiger partial charge on any atom is 0.280 e. The van der Waals surface area contributed by atoms with Gasteiger partial charge in [0.05, 0.1) is 23.8 Å². The van der Waals surface area contributed by atoms with Gasteiger partial charge in [-0.05, 0) is 38.5 Å². The van der Waals surface area contributed by atoms with E-state index in [0.29, 0.717) is 18.7 Å². The number of nitrogens with zero attached hydrogens (tertiary/aromatic N) is 2. The largest absolute Gasteiger partial charge is 0.373 e. The Bertz CT molecular complexity index is 642. The van der Waals surface area contributed by atoms with Crippen molar-refractivity contribution in [1.82, 2.24) is 9.03 Å². The summed E-state index contributed by atoms with van der Waals surface area (Å²) in [7, 11) is -3.57. The molecule has 0 radical (unpaired) electrons. The van der Waals surface area contributed by atoms with Crippen molar-refractivity contribution in [2.24, 2.45) is 0 Å². The SMILES string of the molecule is C[C@@H]1CN(S(=O)(=O)N[C@H](C)c2ccc(C#N)cc2)C[C@@H](C)O1. The highest BCUT2D eigenvalue weighted by Gasteiger charge is 2.31. The predicted molar refractivity (Wildman–Crippen MR) is 83.2 cm³/mol.